The number of nitriles is 2. The lowest BCUT2D eigenvalue weighted by atomic mass is 10.0. The molecule has 5 nitrogen and oxygen atoms in total. The predicted molar refractivity (Wildman–Crippen MR) is 83.9 cm³/mol. The zero-order valence-electron chi connectivity index (χ0n) is 13.1. The van der Waals surface area contributed by atoms with Crippen LogP contribution in [-0.2, 0) is 0 Å². The summed E-state index contributed by atoms with van der Waals surface area (Å²) in [5.74, 6) is -0.920. The van der Waals surface area contributed by atoms with Crippen LogP contribution >= 0.6 is 0 Å². The maximum Gasteiger partial charge on any atom is 0.344 e. The lowest BCUT2D eigenvalue weighted by Gasteiger charge is -2.09. The van der Waals surface area contributed by atoms with E-state index in [1.54, 1.807) is 51.1 Å². The van der Waals surface area contributed by atoms with E-state index in [0.717, 1.165) is 5.56 Å². The Bertz CT molecular complexity index is 844. The average Bonchev–Trinajstić information content (AvgIpc) is 2.53. The number of esters is 1. The van der Waals surface area contributed by atoms with Crippen LogP contribution in [0.2, 0.25) is 0 Å². The van der Waals surface area contributed by atoms with Crippen LogP contribution in [0.4, 0.5) is 0 Å². The van der Waals surface area contributed by atoms with Crippen LogP contribution in [-0.4, -0.2) is 11.0 Å². The van der Waals surface area contributed by atoms with Crippen molar-refractivity contribution in [3.05, 3.63) is 58.3 Å². The minimum absolute atomic E-state index is 0.00809. The minimum atomic E-state index is -0.606. The zero-order valence-corrected chi connectivity index (χ0v) is 13.1. The van der Waals surface area contributed by atoms with Gasteiger partial charge in [-0.2, -0.15) is 10.5 Å². The van der Waals surface area contributed by atoms with Gasteiger partial charge in [0.2, 0.25) is 5.88 Å². The molecular formula is C18H15N3O2. The number of ether oxygens (including phenoxy) is 1. The number of benzene rings is 1. The van der Waals surface area contributed by atoms with Crippen LogP contribution in [0.1, 0.15) is 45.6 Å². The summed E-state index contributed by atoms with van der Waals surface area (Å²) in [7, 11) is 0. The number of hydrogen-bond acceptors (Lipinski definition) is 5. The summed E-state index contributed by atoms with van der Waals surface area (Å²) in [4.78, 5) is 16.4. The molecule has 1 unspecified atom stereocenters. The molecule has 1 heterocycles. The Balaban J connectivity index is 2.34. The molecule has 5 heteroatoms. The van der Waals surface area contributed by atoms with E-state index in [9.17, 15) is 10.1 Å². The molecule has 0 aliphatic rings. The molecule has 0 fully saturated rings. The van der Waals surface area contributed by atoms with Crippen LogP contribution in [0.15, 0.2) is 30.3 Å². The highest BCUT2D eigenvalue weighted by Gasteiger charge is 2.16. The van der Waals surface area contributed by atoms with Crippen molar-refractivity contribution >= 4 is 5.97 Å². The Morgan fingerprint density at radius 2 is 2.00 bits per heavy atom. The molecule has 23 heavy (non-hydrogen) atoms. The van der Waals surface area contributed by atoms with Gasteiger partial charge in [-0.3, -0.25) is 0 Å². The molecule has 1 atom stereocenters. The summed E-state index contributed by atoms with van der Waals surface area (Å²) in [6, 6.07) is 12.6. The summed E-state index contributed by atoms with van der Waals surface area (Å²) < 4.78 is 5.30. The summed E-state index contributed by atoms with van der Waals surface area (Å²) >= 11 is 0. The quantitative estimate of drug-likeness (QED) is 0.811. The fraction of sp³-hybridized carbons (Fsp3) is 0.222. The first kappa shape index (κ1) is 16.2. The van der Waals surface area contributed by atoms with Crippen molar-refractivity contribution in [2.45, 2.75) is 26.7 Å². The second-order valence-corrected chi connectivity index (χ2v) is 5.24. The van der Waals surface area contributed by atoms with E-state index in [1.165, 1.54) is 0 Å². The first-order valence-corrected chi connectivity index (χ1v) is 7.06. The highest BCUT2D eigenvalue weighted by molar-refractivity contribution is 5.91. The molecule has 0 spiro atoms. The molecule has 0 radical (unpaired) electrons. The minimum Gasteiger partial charge on any atom is -0.402 e. The molecule has 114 valence electrons. The fourth-order valence-electron chi connectivity index (χ4n) is 2.17. The van der Waals surface area contributed by atoms with E-state index in [0.29, 0.717) is 16.8 Å². The van der Waals surface area contributed by atoms with Gasteiger partial charge in [0, 0.05) is 5.69 Å². The van der Waals surface area contributed by atoms with E-state index in [-0.39, 0.29) is 17.4 Å². The predicted octanol–water partition coefficient (Wildman–Crippen LogP) is 3.42. The number of pyridine rings is 1. The molecule has 0 saturated heterocycles. The van der Waals surface area contributed by atoms with E-state index < -0.39 is 5.97 Å². The number of nitrogens with zero attached hydrogens (tertiary/aromatic N) is 3. The second kappa shape index (κ2) is 6.72. The average molecular weight is 305 g/mol. The van der Waals surface area contributed by atoms with Gasteiger partial charge in [0.25, 0.3) is 0 Å². The molecule has 1 aromatic carbocycles. The smallest absolute Gasteiger partial charge is 0.344 e. The maximum atomic E-state index is 12.3. The normalized spacial score (nSPS) is 11.2. The van der Waals surface area contributed by atoms with Gasteiger partial charge in [0.15, 0.2) is 0 Å². The Morgan fingerprint density at radius 3 is 2.65 bits per heavy atom. The summed E-state index contributed by atoms with van der Waals surface area (Å²) in [5, 5.41) is 18.2. The van der Waals surface area contributed by atoms with Gasteiger partial charge < -0.3 is 4.74 Å². The molecule has 0 N–H and O–H groups in total. The third kappa shape index (κ3) is 3.53. The van der Waals surface area contributed by atoms with Gasteiger partial charge in [0.1, 0.15) is 11.6 Å². The number of carbonyl (C=O) groups is 1. The van der Waals surface area contributed by atoms with Crippen LogP contribution in [0.5, 0.6) is 5.88 Å². The molecule has 0 bridgehead atoms. The molecule has 0 aliphatic heterocycles. The Kier molecular flexibility index (Phi) is 4.73. The summed E-state index contributed by atoms with van der Waals surface area (Å²) in [6.45, 7) is 5.28. The monoisotopic (exact) mass is 305 g/mol. The van der Waals surface area contributed by atoms with Crippen molar-refractivity contribution in [1.82, 2.24) is 4.98 Å². The molecule has 1 aromatic heterocycles. The molecule has 0 amide bonds. The number of hydrogen-bond donors (Lipinski definition) is 0. The maximum absolute atomic E-state index is 12.3. The van der Waals surface area contributed by atoms with Gasteiger partial charge in [-0.25, -0.2) is 9.78 Å². The van der Waals surface area contributed by atoms with Crippen molar-refractivity contribution in [3.8, 4) is 18.0 Å². The van der Waals surface area contributed by atoms with Crippen LogP contribution in [0.25, 0.3) is 0 Å². The number of carbonyl (C=O) groups excluding carboxylic acids is 1. The zero-order chi connectivity index (χ0) is 17.0. The van der Waals surface area contributed by atoms with Crippen LogP contribution < -0.4 is 4.74 Å². The van der Waals surface area contributed by atoms with Gasteiger partial charge in [-0.15, -0.1) is 0 Å². The first-order chi connectivity index (χ1) is 11.0. The lowest BCUT2D eigenvalue weighted by molar-refractivity contribution is 0.0726. The standard InChI is InChI=1S/C18H15N3O2/c1-11-7-13(3)21-17(16(11)10-20)23-18(22)15-6-4-5-14(8-15)12(2)9-19/h4-8,12H,1-3H3. The van der Waals surface area contributed by atoms with Gasteiger partial charge in [-0.1, -0.05) is 12.1 Å². The first-order valence-electron chi connectivity index (χ1n) is 7.06. The van der Waals surface area contributed by atoms with Gasteiger partial charge in [-0.05, 0) is 50.1 Å². The summed E-state index contributed by atoms with van der Waals surface area (Å²) in [5.41, 5.74) is 2.65. The van der Waals surface area contributed by atoms with Crippen molar-refractivity contribution in [2.24, 2.45) is 0 Å². The lowest BCUT2D eigenvalue weighted by Crippen LogP contribution is -2.12. The van der Waals surface area contributed by atoms with Crippen molar-refractivity contribution in [1.29, 1.82) is 10.5 Å². The third-order valence-corrected chi connectivity index (χ3v) is 3.43. The third-order valence-electron chi connectivity index (χ3n) is 3.43. The van der Waals surface area contributed by atoms with Crippen molar-refractivity contribution in [2.75, 3.05) is 0 Å². The molecule has 0 aliphatic carbocycles. The van der Waals surface area contributed by atoms with Crippen molar-refractivity contribution < 1.29 is 9.53 Å². The van der Waals surface area contributed by atoms with Crippen LogP contribution in [0, 0.1) is 36.5 Å². The SMILES string of the molecule is Cc1cc(C)c(C#N)c(OC(=O)c2cccc(C(C)C#N)c2)n1. The van der Waals surface area contributed by atoms with E-state index in [1.807, 2.05) is 6.07 Å². The highest BCUT2D eigenvalue weighted by Crippen LogP contribution is 2.22. The fourth-order valence-corrected chi connectivity index (χ4v) is 2.17. The van der Waals surface area contributed by atoms with Crippen molar-refractivity contribution in [3.63, 3.8) is 0 Å². The second-order valence-electron chi connectivity index (χ2n) is 5.24. The molecule has 2 aromatic rings. The largest absolute Gasteiger partial charge is 0.402 e. The topological polar surface area (TPSA) is 86.8 Å². The number of aryl methyl sites for hydroxylation is 2. The van der Waals surface area contributed by atoms with Gasteiger partial charge in [0.05, 0.1) is 17.6 Å². The molecular weight excluding hydrogens is 290 g/mol. The molecule has 2 rings (SSSR count). The van der Waals surface area contributed by atoms with Crippen LogP contribution in [0.3, 0.4) is 0 Å². The highest BCUT2D eigenvalue weighted by atomic mass is 16.5. The summed E-state index contributed by atoms with van der Waals surface area (Å²) in [6.07, 6.45) is 0. The number of rotatable bonds is 3. The van der Waals surface area contributed by atoms with Gasteiger partial charge >= 0.3 is 5.97 Å². The Hall–Kier alpha value is -3.18. The van der Waals surface area contributed by atoms with E-state index >= 15 is 0 Å². The van der Waals surface area contributed by atoms with E-state index in [2.05, 4.69) is 11.1 Å². The van der Waals surface area contributed by atoms with E-state index in [4.69, 9.17) is 10.00 Å². The molecule has 0 saturated carbocycles. The number of aromatic nitrogens is 1. The Morgan fingerprint density at radius 1 is 1.26 bits per heavy atom. The Labute approximate surface area is 134 Å².